The highest BCUT2D eigenvalue weighted by Gasteiger charge is 2.31. The van der Waals surface area contributed by atoms with E-state index >= 15 is 0 Å². The third kappa shape index (κ3) is 5.28. The van der Waals surface area contributed by atoms with Crippen LogP contribution in [0.5, 0.6) is 5.75 Å². The van der Waals surface area contributed by atoms with Crippen molar-refractivity contribution in [2.24, 2.45) is 5.92 Å². The lowest BCUT2D eigenvalue weighted by molar-refractivity contribution is -0.145. The molecular weight excluding hydrogens is 407 g/mol. The summed E-state index contributed by atoms with van der Waals surface area (Å²) in [6.45, 7) is 2.59. The van der Waals surface area contributed by atoms with Crippen molar-refractivity contribution in [2.45, 2.75) is 38.8 Å². The van der Waals surface area contributed by atoms with Crippen molar-refractivity contribution < 1.29 is 14.3 Å². The van der Waals surface area contributed by atoms with Crippen LogP contribution < -0.4 is 15.5 Å². The van der Waals surface area contributed by atoms with Gasteiger partial charge in [0.15, 0.2) is 5.13 Å². The average molecular weight is 434 g/mol. The lowest BCUT2D eigenvalue weighted by Crippen LogP contribution is -2.18. The second kappa shape index (κ2) is 9.56. The van der Waals surface area contributed by atoms with Crippen molar-refractivity contribution in [3.63, 3.8) is 0 Å². The van der Waals surface area contributed by atoms with Crippen LogP contribution in [0.1, 0.15) is 30.4 Å². The zero-order chi connectivity index (χ0) is 21.8. The maximum Gasteiger partial charge on any atom is 0.308 e. The molecule has 1 saturated carbocycles. The van der Waals surface area contributed by atoms with Crippen molar-refractivity contribution in [1.82, 2.24) is 4.98 Å². The van der Waals surface area contributed by atoms with Gasteiger partial charge in [-0.15, -0.1) is 11.3 Å². The number of rotatable bonds is 7. The first-order valence-corrected chi connectivity index (χ1v) is 11.5. The van der Waals surface area contributed by atoms with Crippen molar-refractivity contribution >= 4 is 35.7 Å². The van der Waals surface area contributed by atoms with Gasteiger partial charge in [-0.25, -0.2) is 4.98 Å². The minimum atomic E-state index is -0.112. The molecule has 0 saturated heterocycles. The van der Waals surface area contributed by atoms with Gasteiger partial charge < -0.3 is 14.8 Å². The van der Waals surface area contributed by atoms with E-state index in [2.05, 4.69) is 61.9 Å². The van der Waals surface area contributed by atoms with Crippen LogP contribution in [-0.4, -0.2) is 32.0 Å². The summed E-state index contributed by atoms with van der Waals surface area (Å²) in [5, 5.41) is 6.43. The summed E-state index contributed by atoms with van der Waals surface area (Å²) >= 11 is 1.58. The molecule has 3 aromatic rings. The Balaban J connectivity index is 1.46. The van der Waals surface area contributed by atoms with E-state index in [-0.39, 0.29) is 17.9 Å². The van der Waals surface area contributed by atoms with E-state index in [1.165, 1.54) is 12.6 Å². The van der Waals surface area contributed by atoms with E-state index in [4.69, 9.17) is 14.5 Å². The number of carbonyl (C=O) groups excluding carboxylic acids is 1. The molecule has 160 valence electrons. The van der Waals surface area contributed by atoms with E-state index in [0.29, 0.717) is 6.61 Å². The summed E-state index contributed by atoms with van der Waals surface area (Å²) in [4.78, 5) is 16.6. The number of thiazole rings is 1. The van der Waals surface area contributed by atoms with Gasteiger partial charge >= 0.3 is 5.97 Å². The Morgan fingerprint density at radius 1 is 1.23 bits per heavy atom. The zero-order valence-corrected chi connectivity index (χ0v) is 19.0. The van der Waals surface area contributed by atoms with Gasteiger partial charge in [0, 0.05) is 17.0 Å². The molecule has 0 aliphatic heterocycles. The summed E-state index contributed by atoms with van der Waals surface area (Å²) in [7, 11) is 3.54. The van der Waals surface area contributed by atoms with Gasteiger partial charge in [0.05, 0.1) is 18.7 Å². The van der Waals surface area contributed by atoms with Gasteiger partial charge in [-0.1, -0.05) is 41.4 Å². The Hall–Kier alpha value is -2.80. The third-order valence-electron chi connectivity index (χ3n) is 5.72. The monoisotopic (exact) mass is 434 g/mol. The molecule has 1 aromatic heterocycles. The lowest BCUT2D eigenvalue weighted by atomic mass is 9.95. The molecule has 0 bridgehead atoms. The summed E-state index contributed by atoms with van der Waals surface area (Å²) in [5.74, 6) is 0.703. The molecule has 0 unspecified atom stereocenters. The summed E-state index contributed by atoms with van der Waals surface area (Å²) in [6, 6.07) is 14.8. The number of anilines is 1. The van der Waals surface area contributed by atoms with Crippen LogP contribution in [-0.2, 0) is 16.1 Å². The van der Waals surface area contributed by atoms with E-state index < -0.39 is 0 Å². The molecule has 0 spiro atoms. The maximum absolute atomic E-state index is 11.8. The number of esters is 1. The summed E-state index contributed by atoms with van der Waals surface area (Å²) in [6.07, 6.45) is 2.60. The number of nitrogens with one attached hydrogen (secondary N) is 1. The first-order valence-electron chi connectivity index (χ1n) is 10.6. The molecular formula is C24H27BN2O3S. The van der Waals surface area contributed by atoms with Crippen LogP contribution >= 0.6 is 11.3 Å². The fourth-order valence-electron chi connectivity index (χ4n) is 3.95. The van der Waals surface area contributed by atoms with Crippen molar-refractivity contribution in [2.75, 3.05) is 12.4 Å². The van der Waals surface area contributed by atoms with E-state index in [0.717, 1.165) is 52.5 Å². The lowest BCUT2D eigenvalue weighted by Gasteiger charge is -2.12. The highest BCUT2D eigenvalue weighted by molar-refractivity contribution is 7.14. The van der Waals surface area contributed by atoms with Gasteiger partial charge in [0.25, 0.3) is 0 Å². The number of benzene rings is 2. The second-order valence-corrected chi connectivity index (χ2v) is 9.04. The SMILES string of the molecule is Bc1ccc(COc2ccc(C)cc2-c2csc(N[C@H]3CC[C@@H](C(=O)OC)C3)n2)cc1. The molecule has 1 aliphatic carbocycles. The van der Waals surface area contributed by atoms with Gasteiger partial charge in [-0.2, -0.15) is 0 Å². The standard InChI is InChI=1S/C24H27BN2O3S/c1-15-3-10-22(30-13-16-4-7-18(25)8-5-16)20(11-15)21-14-31-24(27-21)26-19-9-6-17(12-19)23(28)29-2/h3-5,7-8,10-11,14,17,19H,6,9,12-13,25H2,1-2H3,(H,26,27)/t17-,19+/m1/s1. The topological polar surface area (TPSA) is 60.5 Å². The number of ether oxygens (including phenoxy) is 2. The van der Waals surface area contributed by atoms with E-state index in [1.54, 1.807) is 11.3 Å². The van der Waals surface area contributed by atoms with Crippen molar-refractivity contribution in [3.8, 4) is 17.0 Å². The predicted molar refractivity (Wildman–Crippen MR) is 128 cm³/mol. The maximum atomic E-state index is 11.8. The van der Waals surface area contributed by atoms with Crippen LogP contribution in [0, 0.1) is 12.8 Å². The Kier molecular flexibility index (Phi) is 6.61. The molecule has 2 atom stereocenters. The Bertz CT molecular complexity index is 1050. The fraction of sp³-hybridized carbons (Fsp3) is 0.333. The van der Waals surface area contributed by atoms with Gasteiger partial charge in [-0.05, 0) is 43.9 Å². The summed E-state index contributed by atoms with van der Waals surface area (Å²) in [5.41, 5.74) is 5.44. The first kappa shape index (κ1) is 21.4. The highest BCUT2D eigenvalue weighted by atomic mass is 32.1. The van der Waals surface area contributed by atoms with Crippen LogP contribution in [0.25, 0.3) is 11.3 Å². The largest absolute Gasteiger partial charge is 0.488 e. The number of carbonyl (C=O) groups is 1. The number of nitrogens with zero attached hydrogens (tertiary/aromatic N) is 1. The molecule has 2 aromatic carbocycles. The summed E-state index contributed by atoms with van der Waals surface area (Å²) < 4.78 is 11.0. The minimum absolute atomic E-state index is 0.0134. The first-order chi connectivity index (χ1) is 15.0. The van der Waals surface area contributed by atoms with Crippen LogP contribution in [0.3, 0.4) is 0 Å². The number of methoxy groups -OCH3 is 1. The fourth-order valence-corrected chi connectivity index (χ4v) is 4.74. The molecule has 7 heteroatoms. The normalized spacial score (nSPS) is 18.0. The van der Waals surface area contributed by atoms with E-state index in [1.807, 2.05) is 6.07 Å². The molecule has 0 radical (unpaired) electrons. The number of aromatic nitrogens is 1. The molecule has 31 heavy (non-hydrogen) atoms. The van der Waals surface area contributed by atoms with Crippen molar-refractivity contribution in [3.05, 3.63) is 59.0 Å². The number of aryl methyl sites for hydroxylation is 1. The van der Waals surface area contributed by atoms with E-state index in [9.17, 15) is 4.79 Å². The zero-order valence-electron chi connectivity index (χ0n) is 18.2. The van der Waals surface area contributed by atoms with Crippen LogP contribution in [0.2, 0.25) is 0 Å². The Morgan fingerprint density at radius 3 is 2.81 bits per heavy atom. The molecule has 0 amide bonds. The van der Waals surface area contributed by atoms with Gasteiger partial charge in [0.1, 0.15) is 20.2 Å². The highest BCUT2D eigenvalue weighted by Crippen LogP contribution is 2.35. The molecule has 5 nitrogen and oxygen atoms in total. The number of hydrogen-bond donors (Lipinski definition) is 1. The third-order valence-corrected chi connectivity index (χ3v) is 6.50. The number of hydrogen-bond acceptors (Lipinski definition) is 6. The Morgan fingerprint density at radius 2 is 2.03 bits per heavy atom. The average Bonchev–Trinajstić information content (AvgIpc) is 3.43. The minimum Gasteiger partial charge on any atom is -0.488 e. The van der Waals surface area contributed by atoms with Crippen molar-refractivity contribution in [1.29, 1.82) is 0 Å². The second-order valence-electron chi connectivity index (χ2n) is 8.19. The quantitative estimate of drug-likeness (QED) is 0.454. The molecule has 1 heterocycles. The van der Waals surface area contributed by atoms with Gasteiger partial charge in [-0.3, -0.25) is 4.79 Å². The molecule has 1 aliphatic rings. The predicted octanol–water partition coefficient (Wildman–Crippen LogP) is 3.71. The molecule has 1 fully saturated rings. The van der Waals surface area contributed by atoms with Crippen LogP contribution in [0.4, 0.5) is 5.13 Å². The van der Waals surface area contributed by atoms with Crippen LogP contribution in [0.15, 0.2) is 47.8 Å². The molecule has 4 rings (SSSR count). The van der Waals surface area contributed by atoms with Gasteiger partial charge in [0.2, 0.25) is 0 Å². The Labute approximate surface area is 188 Å². The smallest absolute Gasteiger partial charge is 0.308 e. The molecule has 1 N–H and O–H groups in total.